The van der Waals surface area contributed by atoms with E-state index in [4.69, 9.17) is 0 Å². The lowest BCUT2D eigenvalue weighted by Crippen LogP contribution is -2.48. The first-order valence-corrected chi connectivity index (χ1v) is 12.0. The van der Waals surface area contributed by atoms with Crippen molar-refractivity contribution in [3.05, 3.63) is 0 Å². The van der Waals surface area contributed by atoms with E-state index in [0.717, 1.165) is 50.8 Å². The van der Waals surface area contributed by atoms with E-state index in [-0.39, 0.29) is 5.92 Å². The molecule has 6 nitrogen and oxygen atoms in total. The molecular formula is C23H43N5O. The first kappa shape index (κ1) is 22.4. The first-order chi connectivity index (χ1) is 14.0. The molecule has 1 saturated carbocycles. The van der Waals surface area contributed by atoms with Crippen molar-refractivity contribution in [3.8, 4) is 0 Å². The third-order valence-electron chi connectivity index (χ3n) is 6.80. The summed E-state index contributed by atoms with van der Waals surface area (Å²) < 4.78 is 0. The topological polar surface area (TPSA) is 60.0 Å². The third kappa shape index (κ3) is 6.87. The third-order valence-corrected chi connectivity index (χ3v) is 6.80. The number of amides is 1. The zero-order valence-corrected chi connectivity index (χ0v) is 19.0. The van der Waals surface area contributed by atoms with Gasteiger partial charge < -0.3 is 20.4 Å². The average molecular weight is 406 g/mol. The van der Waals surface area contributed by atoms with Gasteiger partial charge in [-0.05, 0) is 50.5 Å². The van der Waals surface area contributed by atoms with Crippen LogP contribution in [0.4, 0.5) is 0 Å². The molecule has 0 aromatic heterocycles. The molecule has 2 aliphatic heterocycles. The second-order valence-electron chi connectivity index (χ2n) is 9.86. The molecule has 0 radical (unpaired) electrons. The van der Waals surface area contributed by atoms with E-state index in [1.54, 1.807) is 0 Å². The molecule has 2 unspecified atom stereocenters. The number of likely N-dealkylation sites (tertiary alicyclic amines) is 2. The summed E-state index contributed by atoms with van der Waals surface area (Å²) in [5, 5.41) is 7.12. The summed E-state index contributed by atoms with van der Waals surface area (Å²) in [6.45, 7) is 10.9. The maximum atomic E-state index is 12.8. The SMILES string of the molecule is CN=C(NCC1CCCN(CC(C)C)C1)NC1CCN(C(=O)C2CCCCC2)C1. The van der Waals surface area contributed by atoms with E-state index in [9.17, 15) is 4.79 Å². The maximum Gasteiger partial charge on any atom is 0.225 e. The van der Waals surface area contributed by atoms with Crippen LogP contribution in [-0.4, -0.2) is 74.0 Å². The number of nitrogens with zero attached hydrogens (tertiary/aromatic N) is 3. The van der Waals surface area contributed by atoms with Gasteiger partial charge in [0.2, 0.25) is 5.91 Å². The standard InChI is InChI=1S/C23H43N5O/c1-18(2)15-27-12-7-8-19(16-27)14-25-23(24-3)26-21-11-13-28(17-21)22(29)20-9-5-4-6-10-20/h18-21H,4-17H2,1-3H3,(H2,24,25,26). The lowest BCUT2D eigenvalue weighted by Gasteiger charge is -2.34. The normalized spacial score (nSPS) is 27.4. The Morgan fingerprint density at radius 3 is 2.55 bits per heavy atom. The average Bonchev–Trinajstić information content (AvgIpc) is 3.19. The number of carbonyl (C=O) groups is 1. The first-order valence-electron chi connectivity index (χ1n) is 12.0. The van der Waals surface area contributed by atoms with Gasteiger partial charge in [0.15, 0.2) is 5.96 Å². The molecule has 166 valence electrons. The summed E-state index contributed by atoms with van der Waals surface area (Å²) in [6, 6.07) is 0.317. The van der Waals surface area contributed by atoms with E-state index in [1.807, 2.05) is 7.05 Å². The van der Waals surface area contributed by atoms with Crippen molar-refractivity contribution < 1.29 is 4.79 Å². The van der Waals surface area contributed by atoms with Crippen LogP contribution in [0.2, 0.25) is 0 Å². The molecule has 1 aliphatic carbocycles. The molecular weight excluding hydrogens is 362 g/mol. The fraction of sp³-hybridized carbons (Fsp3) is 0.913. The summed E-state index contributed by atoms with van der Waals surface area (Å²) in [5.74, 6) is 2.99. The van der Waals surface area contributed by atoms with E-state index < -0.39 is 0 Å². The van der Waals surface area contributed by atoms with E-state index in [0.29, 0.717) is 17.9 Å². The Labute approximate surface area is 177 Å². The molecule has 29 heavy (non-hydrogen) atoms. The van der Waals surface area contributed by atoms with Crippen LogP contribution in [0.3, 0.4) is 0 Å². The van der Waals surface area contributed by atoms with Crippen molar-refractivity contribution in [2.24, 2.45) is 22.7 Å². The monoisotopic (exact) mass is 405 g/mol. The van der Waals surface area contributed by atoms with Crippen LogP contribution in [-0.2, 0) is 4.79 Å². The molecule has 2 atom stereocenters. The summed E-state index contributed by atoms with van der Waals surface area (Å²) in [5.41, 5.74) is 0. The maximum absolute atomic E-state index is 12.8. The minimum Gasteiger partial charge on any atom is -0.356 e. The summed E-state index contributed by atoms with van der Waals surface area (Å²) in [4.78, 5) is 21.9. The van der Waals surface area contributed by atoms with Crippen LogP contribution in [0.1, 0.15) is 65.2 Å². The van der Waals surface area contributed by atoms with E-state index >= 15 is 0 Å². The van der Waals surface area contributed by atoms with Gasteiger partial charge in [-0.15, -0.1) is 0 Å². The lowest BCUT2D eigenvalue weighted by atomic mass is 9.88. The van der Waals surface area contributed by atoms with Crippen LogP contribution in [0.5, 0.6) is 0 Å². The molecule has 0 spiro atoms. The minimum atomic E-state index is 0.278. The molecule has 3 rings (SSSR count). The van der Waals surface area contributed by atoms with Crippen molar-refractivity contribution in [2.75, 3.05) is 46.3 Å². The number of carbonyl (C=O) groups excluding carboxylic acids is 1. The van der Waals surface area contributed by atoms with Gasteiger partial charge in [0.05, 0.1) is 0 Å². The number of nitrogens with one attached hydrogen (secondary N) is 2. The van der Waals surface area contributed by atoms with Crippen molar-refractivity contribution in [1.29, 1.82) is 0 Å². The van der Waals surface area contributed by atoms with Gasteiger partial charge in [0, 0.05) is 51.7 Å². The van der Waals surface area contributed by atoms with Gasteiger partial charge in [-0.25, -0.2) is 0 Å². The highest BCUT2D eigenvalue weighted by Gasteiger charge is 2.32. The van der Waals surface area contributed by atoms with Gasteiger partial charge >= 0.3 is 0 Å². The Balaban J connectivity index is 1.39. The molecule has 2 heterocycles. The van der Waals surface area contributed by atoms with Gasteiger partial charge in [0.25, 0.3) is 0 Å². The summed E-state index contributed by atoms with van der Waals surface area (Å²) in [6.07, 6.45) is 9.53. The Hall–Kier alpha value is -1.30. The van der Waals surface area contributed by atoms with Crippen LogP contribution < -0.4 is 10.6 Å². The van der Waals surface area contributed by atoms with Crippen molar-refractivity contribution in [3.63, 3.8) is 0 Å². The molecule has 3 fully saturated rings. The van der Waals surface area contributed by atoms with Gasteiger partial charge in [0.1, 0.15) is 0 Å². The molecule has 2 saturated heterocycles. The molecule has 6 heteroatoms. The van der Waals surface area contributed by atoms with Crippen LogP contribution in [0, 0.1) is 17.8 Å². The fourth-order valence-corrected chi connectivity index (χ4v) is 5.32. The number of piperidine rings is 1. The highest BCUT2D eigenvalue weighted by Crippen LogP contribution is 2.26. The smallest absolute Gasteiger partial charge is 0.225 e. The van der Waals surface area contributed by atoms with Gasteiger partial charge in [-0.2, -0.15) is 0 Å². The molecule has 3 aliphatic rings. The Kier molecular flexibility index (Phi) is 8.64. The zero-order chi connectivity index (χ0) is 20.6. The highest BCUT2D eigenvalue weighted by molar-refractivity contribution is 5.81. The summed E-state index contributed by atoms with van der Waals surface area (Å²) >= 11 is 0. The number of hydrogen-bond acceptors (Lipinski definition) is 3. The van der Waals surface area contributed by atoms with Gasteiger partial charge in [-0.3, -0.25) is 9.79 Å². The van der Waals surface area contributed by atoms with Crippen LogP contribution in [0.15, 0.2) is 4.99 Å². The Bertz CT molecular complexity index is 543. The quantitative estimate of drug-likeness (QED) is 0.527. The number of hydrogen-bond donors (Lipinski definition) is 2. The zero-order valence-electron chi connectivity index (χ0n) is 19.0. The number of guanidine groups is 1. The van der Waals surface area contributed by atoms with Crippen molar-refractivity contribution >= 4 is 11.9 Å². The lowest BCUT2D eigenvalue weighted by molar-refractivity contribution is -0.135. The Morgan fingerprint density at radius 1 is 1.03 bits per heavy atom. The minimum absolute atomic E-state index is 0.278. The van der Waals surface area contributed by atoms with E-state index in [1.165, 1.54) is 51.7 Å². The van der Waals surface area contributed by atoms with E-state index in [2.05, 4.69) is 39.3 Å². The molecule has 0 bridgehead atoms. The molecule has 0 aromatic carbocycles. The number of rotatable bonds is 6. The van der Waals surface area contributed by atoms with Crippen LogP contribution >= 0.6 is 0 Å². The van der Waals surface area contributed by atoms with Crippen molar-refractivity contribution in [1.82, 2.24) is 20.4 Å². The molecule has 0 aromatic rings. The van der Waals surface area contributed by atoms with Crippen molar-refractivity contribution in [2.45, 2.75) is 71.3 Å². The van der Waals surface area contributed by atoms with Gasteiger partial charge in [-0.1, -0.05) is 33.1 Å². The largest absolute Gasteiger partial charge is 0.356 e. The predicted molar refractivity (Wildman–Crippen MR) is 120 cm³/mol. The fourth-order valence-electron chi connectivity index (χ4n) is 5.32. The predicted octanol–water partition coefficient (Wildman–Crippen LogP) is 2.70. The highest BCUT2D eigenvalue weighted by atomic mass is 16.2. The Morgan fingerprint density at radius 2 is 1.83 bits per heavy atom. The second-order valence-corrected chi connectivity index (χ2v) is 9.86. The summed E-state index contributed by atoms with van der Waals surface area (Å²) in [7, 11) is 1.85. The van der Waals surface area contributed by atoms with Crippen LogP contribution in [0.25, 0.3) is 0 Å². The molecule has 2 N–H and O–H groups in total. The second kappa shape index (κ2) is 11.2. The number of aliphatic imine (C=N–C) groups is 1. The molecule has 1 amide bonds.